The number of hydrogen-bond acceptors (Lipinski definition) is 2. The van der Waals surface area contributed by atoms with Crippen LogP contribution in [0.15, 0.2) is 25.3 Å². The number of hydrogen-bond donors (Lipinski definition) is 0. The number of allylic oxidation sites excluding steroid dienone is 2. The highest BCUT2D eigenvalue weighted by Gasteiger charge is 2.31. The summed E-state index contributed by atoms with van der Waals surface area (Å²) in [7, 11) is 0. The Morgan fingerprint density at radius 1 is 1.28 bits per heavy atom. The monoisotopic (exact) mass is 250 g/mol. The highest BCUT2D eigenvalue weighted by molar-refractivity contribution is 5.69. The predicted octanol–water partition coefficient (Wildman–Crippen LogP) is 4.12. The zero-order valence-electron chi connectivity index (χ0n) is 11.9. The Morgan fingerprint density at radius 3 is 2.44 bits per heavy atom. The van der Waals surface area contributed by atoms with Crippen LogP contribution in [0.3, 0.4) is 0 Å². The molecule has 1 aliphatic carbocycles. The van der Waals surface area contributed by atoms with Gasteiger partial charge in [0.1, 0.15) is 5.60 Å². The van der Waals surface area contributed by atoms with Gasteiger partial charge in [0.05, 0.1) is 0 Å². The standard InChI is InChI=1S/C16H26O2/c1-6-12-10-13(7-2)14(11-12)8-9-15(17)18-16(3,4)5/h6-7,12-14H,1-2,8-11H2,3-5H3. The highest BCUT2D eigenvalue weighted by Crippen LogP contribution is 2.40. The van der Waals surface area contributed by atoms with Crippen molar-refractivity contribution < 1.29 is 9.53 Å². The fraction of sp³-hybridized carbons (Fsp3) is 0.688. The lowest BCUT2D eigenvalue weighted by Gasteiger charge is -2.21. The molecular formula is C16H26O2. The molecule has 0 aromatic rings. The average molecular weight is 250 g/mol. The number of ether oxygens (including phenoxy) is 1. The second-order valence-electron chi connectivity index (χ2n) is 6.25. The largest absolute Gasteiger partial charge is 0.460 e. The van der Waals surface area contributed by atoms with Gasteiger partial charge < -0.3 is 4.74 Å². The van der Waals surface area contributed by atoms with Gasteiger partial charge in [0.2, 0.25) is 0 Å². The van der Waals surface area contributed by atoms with E-state index in [0.717, 1.165) is 19.3 Å². The minimum Gasteiger partial charge on any atom is -0.460 e. The molecule has 0 saturated heterocycles. The molecule has 1 fully saturated rings. The van der Waals surface area contributed by atoms with Crippen LogP contribution in [-0.4, -0.2) is 11.6 Å². The van der Waals surface area contributed by atoms with Gasteiger partial charge in [0, 0.05) is 6.42 Å². The molecule has 3 unspecified atom stereocenters. The molecule has 0 amide bonds. The molecule has 2 nitrogen and oxygen atoms in total. The van der Waals surface area contributed by atoms with Gasteiger partial charge in [-0.05, 0) is 57.8 Å². The molecular weight excluding hydrogens is 224 g/mol. The first-order chi connectivity index (χ1) is 8.35. The minimum absolute atomic E-state index is 0.0904. The molecule has 1 saturated carbocycles. The van der Waals surface area contributed by atoms with Crippen LogP contribution in [0.5, 0.6) is 0 Å². The third-order valence-electron chi connectivity index (χ3n) is 3.56. The third-order valence-corrected chi connectivity index (χ3v) is 3.56. The van der Waals surface area contributed by atoms with Crippen LogP contribution in [0.25, 0.3) is 0 Å². The molecule has 1 aliphatic rings. The number of esters is 1. The van der Waals surface area contributed by atoms with E-state index < -0.39 is 0 Å². The van der Waals surface area contributed by atoms with E-state index >= 15 is 0 Å². The van der Waals surface area contributed by atoms with E-state index in [1.165, 1.54) is 0 Å². The smallest absolute Gasteiger partial charge is 0.306 e. The molecule has 0 heterocycles. The summed E-state index contributed by atoms with van der Waals surface area (Å²) in [5.41, 5.74) is -0.381. The normalized spacial score (nSPS) is 27.8. The van der Waals surface area contributed by atoms with E-state index in [1.54, 1.807) is 0 Å². The van der Waals surface area contributed by atoms with Crippen LogP contribution in [0.1, 0.15) is 46.5 Å². The molecule has 0 spiro atoms. The van der Waals surface area contributed by atoms with Crippen LogP contribution < -0.4 is 0 Å². The number of rotatable bonds is 5. The summed E-state index contributed by atoms with van der Waals surface area (Å²) in [4.78, 5) is 11.7. The Labute approximate surface area is 111 Å². The number of carbonyl (C=O) groups is 1. The molecule has 2 heteroatoms. The van der Waals surface area contributed by atoms with E-state index in [0.29, 0.717) is 24.2 Å². The summed E-state index contributed by atoms with van der Waals surface area (Å²) in [6, 6.07) is 0. The second-order valence-corrected chi connectivity index (χ2v) is 6.25. The fourth-order valence-electron chi connectivity index (χ4n) is 2.71. The number of carbonyl (C=O) groups excluding carboxylic acids is 1. The Hall–Kier alpha value is -1.05. The van der Waals surface area contributed by atoms with Crippen LogP contribution in [-0.2, 0) is 9.53 Å². The fourth-order valence-corrected chi connectivity index (χ4v) is 2.71. The van der Waals surface area contributed by atoms with Gasteiger partial charge in [-0.2, -0.15) is 0 Å². The van der Waals surface area contributed by atoms with Crippen LogP contribution in [0.4, 0.5) is 0 Å². The first kappa shape index (κ1) is 15.0. The highest BCUT2D eigenvalue weighted by atomic mass is 16.6. The third kappa shape index (κ3) is 4.67. The van der Waals surface area contributed by atoms with Crippen molar-refractivity contribution in [1.82, 2.24) is 0 Å². The maximum atomic E-state index is 11.7. The summed E-state index contributed by atoms with van der Waals surface area (Å²) >= 11 is 0. The van der Waals surface area contributed by atoms with Crippen molar-refractivity contribution in [2.24, 2.45) is 17.8 Å². The first-order valence-electron chi connectivity index (χ1n) is 6.82. The minimum atomic E-state index is -0.381. The van der Waals surface area contributed by atoms with Gasteiger partial charge in [-0.1, -0.05) is 12.2 Å². The zero-order chi connectivity index (χ0) is 13.8. The molecule has 3 atom stereocenters. The van der Waals surface area contributed by atoms with Crippen molar-refractivity contribution in [3.8, 4) is 0 Å². The van der Waals surface area contributed by atoms with Crippen molar-refractivity contribution in [3.63, 3.8) is 0 Å². The van der Waals surface area contributed by atoms with Gasteiger partial charge in [-0.15, -0.1) is 13.2 Å². The van der Waals surface area contributed by atoms with Gasteiger partial charge in [0.25, 0.3) is 0 Å². The molecule has 102 valence electrons. The zero-order valence-corrected chi connectivity index (χ0v) is 11.9. The maximum Gasteiger partial charge on any atom is 0.306 e. The van der Waals surface area contributed by atoms with Crippen molar-refractivity contribution in [2.75, 3.05) is 0 Å². The summed E-state index contributed by atoms with van der Waals surface area (Å²) in [5, 5.41) is 0. The molecule has 1 rings (SSSR count). The van der Waals surface area contributed by atoms with Crippen LogP contribution in [0, 0.1) is 17.8 Å². The van der Waals surface area contributed by atoms with Crippen molar-refractivity contribution >= 4 is 5.97 Å². The molecule has 0 N–H and O–H groups in total. The molecule has 0 radical (unpaired) electrons. The van der Waals surface area contributed by atoms with Gasteiger partial charge >= 0.3 is 5.97 Å². The van der Waals surface area contributed by atoms with Crippen molar-refractivity contribution in [2.45, 2.75) is 52.1 Å². The van der Waals surface area contributed by atoms with E-state index in [1.807, 2.05) is 32.9 Å². The molecule has 0 bridgehead atoms. The Bertz CT molecular complexity index is 312. The van der Waals surface area contributed by atoms with E-state index in [-0.39, 0.29) is 11.6 Å². The summed E-state index contributed by atoms with van der Waals surface area (Å²) in [6.07, 6.45) is 7.73. The molecule has 18 heavy (non-hydrogen) atoms. The maximum absolute atomic E-state index is 11.7. The summed E-state index contributed by atoms with van der Waals surface area (Å²) in [5.74, 6) is 1.57. The lowest BCUT2D eigenvalue weighted by atomic mass is 9.92. The predicted molar refractivity (Wildman–Crippen MR) is 75.2 cm³/mol. The lowest BCUT2D eigenvalue weighted by molar-refractivity contribution is -0.155. The Morgan fingerprint density at radius 2 is 1.94 bits per heavy atom. The molecule has 0 aliphatic heterocycles. The average Bonchev–Trinajstić information content (AvgIpc) is 2.66. The van der Waals surface area contributed by atoms with E-state index in [2.05, 4.69) is 13.2 Å². The van der Waals surface area contributed by atoms with Gasteiger partial charge in [0.15, 0.2) is 0 Å². The lowest BCUT2D eigenvalue weighted by Crippen LogP contribution is -2.24. The molecule has 0 aromatic heterocycles. The Balaban J connectivity index is 2.40. The summed E-state index contributed by atoms with van der Waals surface area (Å²) in [6.45, 7) is 13.5. The van der Waals surface area contributed by atoms with Crippen molar-refractivity contribution in [1.29, 1.82) is 0 Å². The second kappa shape index (κ2) is 6.21. The van der Waals surface area contributed by atoms with E-state index in [4.69, 9.17) is 4.74 Å². The SMILES string of the molecule is C=CC1CC(C=C)C(CCC(=O)OC(C)(C)C)C1. The summed E-state index contributed by atoms with van der Waals surface area (Å²) < 4.78 is 5.33. The van der Waals surface area contributed by atoms with Crippen LogP contribution in [0.2, 0.25) is 0 Å². The van der Waals surface area contributed by atoms with Crippen LogP contribution >= 0.6 is 0 Å². The van der Waals surface area contributed by atoms with Gasteiger partial charge in [-0.3, -0.25) is 4.79 Å². The van der Waals surface area contributed by atoms with Crippen molar-refractivity contribution in [3.05, 3.63) is 25.3 Å². The molecule has 0 aromatic carbocycles. The first-order valence-corrected chi connectivity index (χ1v) is 6.82. The van der Waals surface area contributed by atoms with E-state index in [9.17, 15) is 4.79 Å². The Kier molecular flexibility index (Phi) is 5.18. The topological polar surface area (TPSA) is 26.3 Å². The quantitative estimate of drug-likeness (QED) is 0.542. The van der Waals surface area contributed by atoms with Gasteiger partial charge in [-0.25, -0.2) is 0 Å².